The van der Waals surface area contributed by atoms with Gasteiger partial charge >= 0.3 is 6.03 Å². The van der Waals surface area contributed by atoms with E-state index in [0.29, 0.717) is 6.10 Å². The molecule has 1 aliphatic rings. The molecule has 0 bridgehead atoms. The van der Waals surface area contributed by atoms with E-state index < -0.39 is 0 Å². The van der Waals surface area contributed by atoms with E-state index in [4.69, 9.17) is 4.74 Å². The molecule has 1 saturated heterocycles. The zero-order valence-electron chi connectivity index (χ0n) is 11.0. The van der Waals surface area contributed by atoms with Crippen LogP contribution in [0.2, 0.25) is 0 Å². The van der Waals surface area contributed by atoms with Gasteiger partial charge in [0.15, 0.2) is 0 Å². The number of hydrogen-bond donors (Lipinski definition) is 2. The molecule has 5 nitrogen and oxygen atoms in total. The summed E-state index contributed by atoms with van der Waals surface area (Å²) >= 11 is 0. The Bertz CT molecular complexity index is 222. The lowest BCUT2D eigenvalue weighted by Crippen LogP contribution is -2.34. The molecule has 1 heterocycles. The molecule has 2 N–H and O–H groups in total. The number of ether oxygens (including phenoxy) is 1. The molecule has 0 atom stereocenters. The quantitative estimate of drug-likeness (QED) is 0.589. The van der Waals surface area contributed by atoms with Crippen molar-refractivity contribution < 1.29 is 9.53 Å². The highest BCUT2D eigenvalue weighted by Crippen LogP contribution is 1.95. The highest BCUT2D eigenvalue weighted by Gasteiger charge is 2.17. The van der Waals surface area contributed by atoms with Gasteiger partial charge < -0.3 is 20.3 Å². The van der Waals surface area contributed by atoms with Gasteiger partial charge in [-0.25, -0.2) is 4.79 Å². The van der Waals surface area contributed by atoms with E-state index in [1.54, 1.807) is 0 Å². The van der Waals surface area contributed by atoms with Crippen molar-refractivity contribution in [2.45, 2.75) is 32.8 Å². The number of urea groups is 1. The van der Waals surface area contributed by atoms with Gasteiger partial charge in [0.1, 0.15) is 0 Å². The Balaban J connectivity index is 1.83. The molecule has 1 aliphatic heterocycles. The molecule has 1 rings (SSSR count). The van der Waals surface area contributed by atoms with Crippen LogP contribution in [-0.2, 0) is 4.74 Å². The number of nitrogens with one attached hydrogen (secondary N) is 2. The average Bonchev–Trinajstić information content (AvgIpc) is 2.68. The summed E-state index contributed by atoms with van der Waals surface area (Å²) in [6.07, 6.45) is 2.55. The summed E-state index contributed by atoms with van der Waals surface area (Å²) in [6.45, 7) is 9.24. The van der Waals surface area contributed by atoms with E-state index in [9.17, 15) is 4.79 Å². The first kappa shape index (κ1) is 14.3. The normalized spacial score (nSPS) is 15.7. The van der Waals surface area contributed by atoms with Gasteiger partial charge in [-0.05, 0) is 33.2 Å². The number of amides is 2. The van der Waals surface area contributed by atoms with Gasteiger partial charge in [0.05, 0.1) is 6.10 Å². The Labute approximate surface area is 104 Å². The molecular weight excluding hydrogens is 218 g/mol. The minimum Gasteiger partial charge on any atom is -0.379 e. The van der Waals surface area contributed by atoms with Crippen LogP contribution in [0.4, 0.5) is 4.79 Å². The topological polar surface area (TPSA) is 53.6 Å². The van der Waals surface area contributed by atoms with Crippen LogP contribution in [0.25, 0.3) is 0 Å². The number of nitrogens with zero attached hydrogens (tertiary/aromatic N) is 1. The van der Waals surface area contributed by atoms with Crippen molar-refractivity contribution in [3.05, 3.63) is 0 Å². The lowest BCUT2D eigenvalue weighted by molar-refractivity contribution is 0.0760. The van der Waals surface area contributed by atoms with Gasteiger partial charge in [-0.15, -0.1) is 0 Å². The van der Waals surface area contributed by atoms with E-state index in [2.05, 4.69) is 24.5 Å². The van der Waals surface area contributed by atoms with Crippen molar-refractivity contribution in [1.82, 2.24) is 15.5 Å². The second kappa shape index (κ2) is 8.31. The molecule has 0 aromatic rings. The molecule has 1 fully saturated rings. The zero-order valence-corrected chi connectivity index (χ0v) is 11.0. The second-order valence-electron chi connectivity index (χ2n) is 4.60. The molecule has 0 aliphatic carbocycles. The monoisotopic (exact) mass is 243 g/mol. The van der Waals surface area contributed by atoms with Crippen LogP contribution >= 0.6 is 0 Å². The first-order valence-corrected chi connectivity index (χ1v) is 6.55. The van der Waals surface area contributed by atoms with Gasteiger partial charge in [0, 0.05) is 32.8 Å². The molecule has 17 heavy (non-hydrogen) atoms. The van der Waals surface area contributed by atoms with E-state index in [1.165, 1.54) is 0 Å². The van der Waals surface area contributed by atoms with Crippen molar-refractivity contribution in [1.29, 1.82) is 0 Å². The summed E-state index contributed by atoms with van der Waals surface area (Å²) in [4.78, 5) is 13.1. The molecule has 0 aromatic heterocycles. The van der Waals surface area contributed by atoms with Gasteiger partial charge in [0.2, 0.25) is 0 Å². The second-order valence-corrected chi connectivity index (χ2v) is 4.60. The van der Waals surface area contributed by atoms with Crippen LogP contribution in [0.5, 0.6) is 0 Å². The number of unbranched alkanes of at least 4 members (excludes halogenated alkanes) is 1. The highest BCUT2D eigenvalue weighted by molar-refractivity contribution is 5.76. The molecule has 0 unspecified atom stereocenters. The minimum atomic E-state index is 0.0668. The molecular formula is C12H25N3O2. The Hall–Kier alpha value is -0.810. The fraction of sp³-hybridized carbons (Fsp3) is 0.917. The van der Waals surface area contributed by atoms with Gasteiger partial charge in [0.25, 0.3) is 0 Å². The van der Waals surface area contributed by atoms with E-state index in [1.807, 2.05) is 4.90 Å². The molecule has 5 heteroatoms. The van der Waals surface area contributed by atoms with Crippen molar-refractivity contribution in [2.75, 3.05) is 39.3 Å². The maximum atomic E-state index is 11.2. The van der Waals surface area contributed by atoms with E-state index in [-0.39, 0.29) is 6.03 Å². The number of rotatable bonds is 9. The summed E-state index contributed by atoms with van der Waals surface area (Å²) in [5.41, 5.74) is 0. The van der Waals surface area contributed by atoms with Crippen LogP contribution < -0.4 is 10.6 Å². The molecule has 2 amide bonds. The predicted molar refractivity (Wildman–Crippen MR) is 68.2 cm³/mol. The maximum absolute atomic E-state index is 11.2. The lowest BCUT2D eigenvalue weighted by Gasteiger charge is -2.14. The Morgan fingerprint density at radius 1 is 1.41 bits per heavy atom. The zero-order chi connectivity index (χ0) is 12.5. The molecule has 0 saturated carbocycles. The summed E-state index contributed by atoms with van der Waals surface area (Å²) < 4.78 is 5.45. The van der Waals surface area contributed by atoms with Crippen LogP contribution in [0, 0.1) is 0 Å². The third kappa shape index (κ3) is 6.48. The van der Waals surface area contributed by atoms with E-state index in [0.717, 1.165) is 52.2 Å². The van der Waals surface area contributed by atoms with E-state index >= 15 is 0 Å². The number of hydrogen-bond acceptors (Lipinski definition) is 3. The third-order valence-corrected chi connectivity index (χ3v) is 2.70. The fourth-order valence-corrected chi connectivity index (χ4v) is 1.73. The Morgan fingerprint density at radius 2 is 2.24 bits per heavy atom. The third-order valence-electron chi connectivity index (χ3n) is 2.70. The largest absolute Gasteiger partial charge is 0.379 e. The first-order valence-electron chi connectivity index (χ1n) is 6.55. The smallest absolute Gasteiger partial charge is 0.317 e. The van der Waals surface area contributed by atoms with Gasteiger partial charge in [-0.3, -0.25) is 0 Å². The van der Waals surface area contributed by atoms with Gasteiger partial charge in [-0.2, -0.15) is 0 Å². The van der Waals surface area contributed by atoms with Crippen LogP contribution in [-0.4, -0.2) is 56.4 Å². The standard InChI is InChI=1S/C12H25N3O2/c1-11(2)17-10-4-3-5-13-6-8-15-9-7-14-12(15)16/h11,13H,3-10H2,1-2H3,(H,14,16). The number of carbonyl (C=O) groups excluding carboxylic acids is 1. The van der Waals surface area contributed by atoms with Gasteiger partial charge in [-0.1, -0.05) is 0 Å². The Kier molecular flexibility index (Phi) is 6.96. The van der Waals surface area contributed by atoms with Crippen molar-refractivity contribution in [2.24, 2.45) is 0 Å². The first-order chi connectivity index (χ1) is 8.20. The summed E-state index contributed by atoms with van der Waals surface area (Å²) in [6, 6.07) is 0.0668. The SMILES string of the molecule is CC(C)OCCCCNCCN1CCNC1=O. The Morgan fingerprint density at radius 3 is 2.88 bits per heavy atom. The molecule has 0 radical (unpaired) electrons. The fourth-order valence-electron chi connectivity index (χ4n) is 1.73. The molecule has 0 aromatic carbocycles. The maximum Gasteiger partial charge on any atom is 0.317 e. The molecule has 100 valence electrons. The van der Waals surface area contributed by atoms with Crippen LogP contribution in [0.15, 0.2) is 0 Å². The average molecular weight is 243 g/mol. The van der Waals surface area contributed by atoms with Crippen LogP contribution in [0.1, 0.15) is 26.7 Å². The summed E-state index contributed by atoms with van der Waals surface area (Å²) in [5.74, 6) is 0. The van der Waals surface area contributed by atoms with Crippen molar-refractivity contribution in [3.8, 4) is 0 Å². The van der Waals surface area contributed by atoms with Crippen LogP contribution in [0.3, 0.4) is 0 Å². The predicted octanol–water partition coefficient (Wildman–Crippen LogP) is 0.806. The van der Waals surface area contributed by atoms with Crippen molar-refractivity contribution >= 4 is 6.03 Å². The summed E-state index contributed by atoms with van der Waals surface area (Å²) in [7, 11) is 0. The number of carbonyl (C=O) groups is 1. The van der Waals surface area contributed by atoms with Crippen molar-refractivity contribution in [3.63, 3.8) is 0 Å². The lowest BCUT2D eigenvalue weighted by atomic mass is 10.3. The molecule has 0 spiro atoms. The minimum absolute atomic E-state index is 0.0668. The highest BCUT2D eigenvalue weighted by atomic mass is 16.5. The summed E-state index contributed by atoms with van der Waals surface area (Å²) in [5, 5.41) is 6.14.